The molecule has 5 aromatic rings. The number of fused-ring (bicyclic) bond motifs is 1. The highest BCUT2D eigenvalue weighted by Crippen LogP contribution is 2.27. The molecule has 0 saturated heterocycles. The zero-order valence-corrected chi connectivity index (χ0v) is 20.7. The van der Waals surface area contributed by atoms with Gasteiger partial charge in [0.15, 0.2) is 0 Å². The standard InChI is InChI=1S/C27H20ClFN8O/c1-15(33-24-19(23(30)35-27(31)36-24)13-12-17-11-10-16(29)14-32-17)25-34-21-9-5-8-20(28)22(21)26(38)37(25)18-6-3-2-4-7-18/h2-11,14-15H,1H3,(H5,30,31,33,35,36)/t15-/m0/s1. The smallest absolute Gasteiger partial charge is 0.267 e. The normalized spacial score (nSPS) is 11.6. The molecule has 0 spiro atoms. The molecule has 5 N–H and O–H groups in total. The molecule has 9 nitrogen and oxygen atoms in total. The van der Waals surface area contributed by atoms with Crippen LogP contribution in [0.15, 0.2) is 71.7 Å². The number of nitrogens with two attached hydrogens (primary N) is 2. The van der Waals surface area contributed by atoms with Gasteiger partial charge in [0.2, 0.25) is 5.95 Å². The maximum absolute atomic E-state index is 13.7. The monoisotopic (exact) mass is 526 g/mol. The molecule has 0 fully saturated rings. The summed E-state index contributed by atoms with van der Waals surface area (Å²) in [4.78, 5) is 30.7. The number of nitrogen functional groups attached to an aromatic ring is 2. The summed E-state index contributed by atoms with van der Waals surface area (Å²) >= 11 is 6.38. The Morgan fingerprint density at radius 1 is 1.00 bits per heavy atom. The number of para-hydroxylation sites is 1. The zero-order valence-electron chi connectivity index (χ0n) is 20.0. The van der Waals surface area contributed by atoms with E-state index >= 15 is 0 Å². The van der Waals surface area contributed by atoms with E-state index in [0.717, 1.165) is 6.20 Å². The highest BCUT2D eigenvalue weighted by Gasteiger charge is 2.21. The van der Waals surface area contributed by atoms with Gasteiger partial charge in [-0.1, -0.05) is 41.8 Å². The average molecular weight is 527 g/mol. The molecule has 11 heteroatoms. The van der Waals surface area contributed by atoms with E-state index in [2.05, 4.69) is 32.1 Å². The van der Waals surface area contributed by atoms with Gasteiger partial charge in [0, 0.05) is 0 Å². The summed E-state index contributed by atoms with van der Waals surface area (Å²) in [6.45, 7) is 1.81. The molecule has 0 aliphatic carbocycles. The Morgan fingerprint density at radius 2 is 1.79 bits per heavy atom. The van der Waals surface area contributed by atoms with Crippen molar-refractivity contribution in [3.8, 4) is 17.5 Å². The van der Waals surface area contributed by atoms with Crippen molar-refractivity contribution in [2.24, 2.45) is 0 Å². The van der Waals surface area contributed by atoms with Crippen LogP contribution in [0, 0.1) is 17.7 Å². The van der Waals surface area contributed by atoms with Gasteiger partial charge in [-0.15, -0.1) is 0 Å². The topological polar surface area (TPSA) is 138 Å². The van der Waals surface area contributed by atoms with Gasteiger partial charge in [-0.2, -0.15) is 9.97 Å². The molecular formula is C27H20ClFN8O. The second kappa shape index (κ2) is 10.2. The number of benzene rings is 2. The molecule has 38 heavy (non-hydrogen) atoms. The van der Waals surface area contributed by atoms with Gasteiger partial charge in [-0.25, -0.2) is 14.4 Å². The second-order valence-corrected chi connectivity index (χ2v) is 8.66. The lowest BCUT2D eigenvalue weighted by Gasteiger charge is -2.21. The molecule has 0 amide bonds. The van der Waals surface area contributed by atoms with Gasteiger partial charge in [0.25, 0.3) is 5.56 Å². The van der Waals surface area contributed by atoms with E-state index in [-0.39, 0.29) is 28.7 Å². The lowest BCUT2D eigenvalue weighted by Crippen LogP contribution is -2.28. The molecule has 0 saturated carbocycles. The van der Waals surface area contributed by atoms with E-state index in [9.17, 15) is 9.18 Å². The molecule has 5 rings (SSSR count). The van der Waals surface area contributed by atoms with Crippen molar-refractivity contribution in [3.05, 3.63) is 105 Å². The first-order valence-electron chi connectivity index (χ1n) is 11.4. The van der Waals surface area contributed by atoms with Crippen LogP contribution < -0.4 is 22.3 Å². The third-order valence-corrected chi connectivity index (χ3v) is 5.94. The van der Waals surface area contributed by atoms with Crippen LogP contribution in [0.5, 0.6) is 0 Å². The summed E-state index contributed by atoms with van der Waals surface area (Å²) < 4.78 is 14.7. The Balaban J connectivity index is 1.63. The number of hydrogen-bond acceptors (Lipinski definition) is 8. The molecule has 3 aromatic heterocycles. The quantitative estimate of drug-likeness (QED) is 0.298. The van der Waals surface area contributed by atoms with Crippen LogP contribution in [-0.2, 0) is 0 Å². The van der Waals surface area contributed by atoms with Crippen molar-refractivity contribution in [1.29, 1.82) is 0 Å². The van der Waals surface area contributed by atoms with E-state index in [1.54, 1.807) is 30.3 Å². The van der Waals surface area contributed by atoms with Crippen LogP contribution in [0.2, 0.25) is 5.02 Å². The number of aromatic nitrogens is 5. The van der Waals surface area contributed by atoms with Crippen LogP contribution in [0.1, 0.15) is 30.0 Å². The summed E-state index contributed by atoms with van der Waals surface area (Å²) in [7, 11) is 0. The largest absolute Gasteiger partial charge is 0.382 e. The maximum atomic E-state index is 13.7. The molecule has 2 aromatic carbocycles. The molecule has 0 radical (unpaired) electrons. The van der Waals surface area contributed by atoms with Crippen molar-refractivity contribution in [3.63, 3.8) is 0 Å². The van der Waals surface area contributed by atoms with Crippen molar-refractivity contribution in [2.45, 2.75) is 13.0 Å². The van der Waals surface area contributed by atoms with Crippen LogP contribution in [0.3, 0.4) is 0 Å². The first-order valence-corrected chi connectivity index (χ1v) is 11.8. The molecule has 188 valence electrons. The Bertz CT molecular complexity index is 1780. The Morgan fingerprint density at radius 3 is 2.53 bits per heavy atom. The molecule has 0 aliphatic heterocycles. The molecular weight excluding hydrogens is 507 g/mol. The van der Waals surface area contributed by atoms with Gasteiger partial charge >= 0.3 is 0 Å². The average Bonchev–Trinajstić information content (AvgIpc) is 2.89. The lowest BCUT2D eigenvalue weighted by atomic mass is 10.2. The highest BCUT2D eigenvalue weighted by molar-refractivity contribution is 6.35. The summed E-state index contributed by atoms with van der Waals surface area (Å²) in [5, 5.41) is 3.84. The van der Waals surface area contributed by atoms with E-state index in [1.807, 2.05) is 25.1 Å². The van der Waals surface area contributed by atoms with Crippen LogP contribution >= 0.6 is 11.6 Å². The zero-order chi connectivity index (χ0) is 26.8. The Hall–Kier alpha value is -5.01. The number of nitrogens with zero attached hydrogens (tertiary/aromatic N) is 5. The van der Waals surface area contributed by atoms with E-state index in [1.165, 1.54) is 16.7 Å². The fourth-order valence-electron chi connectivity index (χ4n) is 3.89. The summed E-state index contributed by atoms with van der Waals surface area (Å²) in [5.74, 6) is 5.84. The predicted molar refractivity (Wildman–Crippen MR) is 145 cm³/mol. The molecule has 0 bridgehead atoms. The predicted octanol–water partition coefficient (Wildman–Crippen LogP) is 4.10. The van der Waals surface area contributed by atoms with Gasteiger partial charge < -0.3 is 16.8 Å². The second-order valence-electron chi connectivity index (χ2n) is 8.25. The Labute approximate surface area is 221 Å². The first kappa shape index (κ1) is 24.7. The van der Waals surface area contributed by atoms with Crippen molar-refractivity contribution >= 4 is 40.1 Å². The molecule has 0 unspecified atom stereocenters. The number of halogens is 2. The van der Waals surface area contributed by atoms with E-state index in [0.29, 0.717) is 33.1 Å². The number of anilines is 3. The third kappa shape index (κ3) is 4.83. The number of nitrogens with one attached hydrogen (secondary N) is 1. The summed E-state index contributed by atoms with van der Waals surface area (Å²) in [6.07, 6.45) is 1.06. The highest BCUT2D eigenvalue weighted by atomic mass is 35.5. The summed E-state index contributed by atoms with van der Waals surface area (Å²) in [5.41, 5.74) is 13.3. The van der Waals surface area contributed by atoms with Crippen molar-refractivity contribution in [1.82, 2.24) is 24.5 Å². The van der Waals surface area contributed by atoms with Gasteiger partial charge in [-0.05, 0) is 49.2 Å². The minimum atomic E-state index is -0.579. The SMILES string of the molecule is C[C@H](Nc1nc(N)nc(N)c1C#Cc1ccc(F)cn1)c1nc2cccc(Cl)c2c(=O)n1-c1ccccc1. The van der Waals surface area contributed by atoms with Gasteiger partial charge in [0.05, 0.1) is 33.9 Å². The molecule has 0 aliphatic rings. The maximum Gasteiger partial charge on any atom is 0.267 e. The fraction of sp³-hybridized carbons (Fsp3) is 0.0741. The van der Waals surface area contributed by atoms with Crippen molar-refractivity contribution < 1.29 is 4.39 Å². The number of rotatable bonds is 4. The Kier molecular flexibility index (Phi) is 6.60. The van der Waals surface area contributed by atoms with Crippen LogP contribution in [0.25, 0.3) is 16.6 Å². The van der Waals surface area contributed by atoms with Crippen LogP contribution in [-0.4, -0.2) is 24.5 Å². The molecule has 3 heterocycles. The van der Waals surface area contributed by atoms with E-state index < -0.39 is 11.9 Å². The lowest BCUT2D eigenvalue weighted by molar-refractivity contribution is 0.621. The summed E-state index contributed by atoms with van der Waals surface area (Å²) in [6, 6.07) is 16.3. The minimum Gasteiger partial charge on any atom is -0.382 e. The van der Waals surface area contributed by atoms with Crippen molar-refractivity contribution in [2.75, 3.05) is 16.8 Å². The van der Waals surface area contributed by atoms with E-state index in [4.69, 9.17) is 28.1 Å². The van der Waals surface area contributed by atoms with Gasteiger partial charge in [-0.3, -0.25) is 9.36 Å². The first-order chi connectivity index (χ1) is 18.3. The molecule has 1 atom stereocenters. The number of hydrogen-bond donors (Lipinski definition) is 3. The van der Waals surface area contributed by atoms with Crippen LogP contribution in [0.4, 0.5) is 22.0 Å². The van der Waals surface area contributed by atoms with Gasteiger partial charge in [0.1, 0.15) is 34.5 Å². The minimum absolute atomic E-state index is 0.0421. The fourth-order valence-corrected chi connectivity index (χ4v) is 4.14. The third-order valence-electron chi connectivity index (χ3n) is 5.62. The number of pyridine rings is 1.